The van der Waals surface area contributed by atoms with E-state index in [1.165, 1.54) is 20.7 Å². The average Bonchev–Trinajstić information content (AvgIpc) is 4.04. The van der Waals surface area contributed by atoms with Gasteiger partial charge in [0.25, 0.3) is 20.0 Å². The highest BCUT2D eigenvalue weighted by Crippen LogP contribution is 2.33. The lowest BCUT2D eigenvalue weighted by Crippen LogP contribution is -2.59. The van der Waals surface area contributed by atoms with E-state index in [1.54, 1.807) is 127 Å². The van der Waals surface area contributed by atoms with Crippen molar-refractivity contribution in [2.75, 3.05) is 86.8 Å². The van der Waals surface area contributed by atoms with E-state index < -0.39 is 87.2 Å². The van der Waals surface area contributed by atoms with Gasteiger partial charge in [0.2, 0.25) is 20.0 Å². The standard InChI is InChI=1S/2C24H34F3N3O5S3/c2*1-18(2)14-29(37(32,33)17-24(25,26)27)16-21-15-28(38(34,35)22-6-5-13-36-22)11-12-30(21)20-9-7-19(8-10-20)23(3,4)31/h2*5-10,13,18,21,31H,11-12,14-17H2,1-4H3/t2*21-/m11/s1. The summed E-state index contributed by atoms with van der Waals surface area (Å²) in [6.07, 6.45) is -9.83. The number of thiophene rings is 2. The summed E-state index contributed by atoms with van der Waals surface area (Å²) in [6, 6.07) is 18.5. The Balaban J connectivity index is 0.000000281. The van der Waals surface area contributed by atoms with E-state index in [-0.39, 0.29) is 85.7 Å². The smallest absolute Gasteiger partial charge is 0.386 e. The lowest BCUT2D eigenvalue weighted by Gasteiger charge is -2.44. The second-order valence-corrected chi connectivity index (χ2v) is 30.8. The van der Waals surface area contributed by atoms with Gasteiger partial charge in [0.15, 0.2) is 11.5 Å². The Hall–Kier alpha value is -3.42. The molecule has 2 N–H and O–H groups in total. The topological polar surface area (TPSA) is 196 Å². The molecule has 2 fully saturated rings. The first-order valence-electron chi connectivity index (χ1n) is 24.2. The number of sulfonamides is 4. The van der Waals surface area contributed by atoms with Crippen molar-refractivity contribution in [2.24, 2.45) is 11.8 Å². The van der Waals surface area contributed by atoms with Gasteiger partial charge in [-0.05, 0) is 97.8 Å². The van der Waals surface area contributed by atoms with Crippen LogP contribution < -0.4 is 9.80 Å². The SMILES string of the molecule is CC(C)CN(C[C@H]1CN(S(=O)(=O)c2cccs2)CCN1c1ccc(C(C)(C)O)cc1)S(=O)(=O)CC(F)(F)F.CC(C)CN(C[C@H]1CN(S(=O)(=O)c2cccs2)CCN1c1ccc(C(C)(C)O)cc1)S(=O)(=O)CC(F)(F)F. The zero-order valence-electron chi connectivity index (χ0n) is 43.4. The summed E-state index contributed by atoms with van der Waals surface area (Å²) in [6.45, 7) is 12.9. The van der Waals surface area contributed by atoms with E-state index in [2.05, 4.69) is 0 Å². The monoisotopic (exact) mass is 1190 g/mol. The van der Waals surface area contributed by atoms with E-state index in [1.807, 2.05) is 9.80 Å². The molecule has 4 aromatic rings. The molecule has 0 amide bonds. The van der Waals surface area contributed by atoms with E-state index in [9.17, 15) is 70.2 Å². The van der Waals surface area contributed by atoms with Crippen molar-refractivity contribution in [1.29, 1.82) is 0 Å². The molecule has 2 aromatic carbocycles. The first-order chi connectivity index (χ1) is 34.8. The minimum absolute atomic E-state index is 0.108. The van der Waals surface area contributed by atoms with Gasteiger partial charge in [0, 0.05) is 76.8 Å². The Kier molecular flexibility index (Phi) is 20.5. The summed E-state index contributed by atoms with van der Waals surface area (Å²) in [5, 5.41) is 23.9. The summed E-state index contributed by atoms with van der Waals surface area (Å²) < 4.78 is 188. The van der Waals surface area contributed by atoms with Crippen LogP contribution in [-0.4, -0.2) is 162 Å². The molecule has 0 spiro atoms. The summed E-state index contributed by atoms with van der Waals surface area (Å²) in [5.74, 6) is -4.49. The molecule has 2 aliphatic rings. The Bertz CT molecular complexity index is 2750. The third-order valence-corrected chi connectivity index (χ3v) is 22.4. The van der Waals surface area contributed by atoms with Crippen LogP contribution in [0.4, 0.5) is 37.7 Å². The number of hydrogen-bond donors (Lipinski definition) is 2. The summed E-state index contributed by atoms with van der Waals surface area (Å²) in [5.41, 5.74) is 0.399. The minimum Gasteiger partial charge on any atom is -0.386 e. The third kappa shape index (κ3) is 17.3. The summed E-state index contributed by atoms with van der Waals surface area (Å²) in [7, 11) is -17.2. The fourth-order valence-corrected chi connectivity index (χ4v) is 17.0. The number of piperazine rings is 2. The number of rotatable bonds is 20. The molecule has 76 heavy (non-hydrogen) atoms. The molecule has 4 heterocycles. The van der Waals surface area contributed by atoms with Crippen LogP contribution >= 0.6 is 22.7 Å². The van der Waals surface area contributed by atoms with Crippen LogP contribution in [0.1, 0.15) is 66.5 Å². The van der Waals surface area contributed by atoms with Gasteiger partial charge >= 0.3 is 12.4 Å². The maximum absolute atomic E-state index is 13.2. The Labute approximate surface area is 451 Å². The lowest BCUT2D eigenvalue weighted by atomic mass is 9.98. The van der Waals surface area contributed by atoms with Gasteiger partial charge in [-0.25, -0.2) is 33.7 Å². The van der Waals surface area contributed by atoms with Crippen LogP contribution in [0.2, 0.25) is 0 Å². The van der Waals surface area contributed by atoms with Crippen molar-refractivity contribution in [3.63, 3.8) is 0 Å². The lowest BCUT2D eigenvalue weighted by molar-refractivity contribution is -0.108. The van der Waals surface area contributed by atoms with Crippen molar-refractivity contribution in [3.05, 3.63) is 94.7 Å². The van der Waals surface area contributed by atoms with E-state index in [0.717, 1.165) is 31.3 Å². The largest absolute Gasteiger partial charge is 0.404 e. The molecule has 0 bridgehead atoms. The summed E-state index contributed by atoms with van der Waals surface area (Å²) in [4.78, 5) is 3.65. The predicted molar refractivity (Wildman–Crippen MR) is 284 cm³/mol. The number of alkyl halides is 6. The quantitative estimate of drug-likeness (QED) is 0.0834. The van der Waals surface area contributed by atoms with Crippen molar-refractivity contribution in [3.8, 4) is 0 Å². The number of benzene rings is 2. The molecular weight excluding hydrogens is 1130 g/mol. The summed E-state index contributed by atoms with van der Waals surface area (Å²) >= 11 is 2.12. The molecule has 2 saturated heterocycles. The molecule has 428 valence electrons. The van der Waals surface area contributed by atoms with Crippen LogP contribution in [-0.2, 0) is 51.3 Å². The van der Waals surface area contributed by atoms with Crippen LogP contribution in [0.25, 0.3) is 0 Å². The predicted octanol–water partition coefficient (Wildman–Crippen LogP) is 7.41. The molecule has 2 atom stereocenters. The van der Waals surface area contributed by atoms with Crippen molar-refractivity contribution in [1.82, 2.24) is 17.2 Å². The molecule has 6 rings (SSSR count). The Morgan fingerprint density at radius 1 is 0.539 bits per heavy atom. The van der Waals surface area contributed by atoms with E-state index in [4.69, 9.17) is 0 Å². The zero-order valence-corrected chi connectivity index (χ0v) is 48.3. The fraction of sp³-hybridized carbons (Fsp3) is 0.583. The number of hydrogen-bond acceptors (Lipinski definition) is 14. The van der Waals surface area contributed by atoms with Gasteiger partial charge in [0.05, 0.1) is 23.3 Å². The number of aliphatic hydroxyl groups is 2. The van der Waals surface area contributed by atoms with Gasteiger partial charge in [-0.15, -0.1) is 22.7 Å². The van der Waals surface area contributed by atoms with Gasteiger partial charge in [-0.3, -0.25) is 0 Å². The molecule has 2 aromatic heterocycles. The number of nitrogens with zero attached hydrogens (tertiary/aromatic N) is 6. The molecule has 0 unspecified atom stereocenters. The van der Waals surface area contributed by atoms with Crippen LogP contribution in [0.3, 0.4) is 0 Å². The fourth-order valence-electron chi connectivity index (χ4n) is 8.76. The molecule has 28 heteroatoms. The molecule has 0 saturated carbocycles. The maximum atomic E-state index is 13.2. The van der Waals surface area contributed by atoms with Crippen LogP contribution in [0.5, 0.6) is 0 Å². The second-order valence-electron chi connectivity index (χ2n) is 20.7. The normalized spacial score (nSPS) is 18.5. The van der Waals surface area contributed by atoms with Crippen molar-refractivity contribution in [2.45, 2.75) is 99.4 Å². The van der Waals surface area contributed by atoms with Gasteiger partial charge in [0.1, 0.15) is 8.42 Å². The highest BCUT2D eigenvalue weighted by Gasteiger charge is 2.44. The molecule has 16 nitrogen and oxygen atoms in total. The first-order valence-corrected chi connectivity index (χ1v) is 32.0. The second kappa shape index (κ2) is 24.5. The highest BCUT2D eigenvalue weighted by atomic mass is 32.3. The molecule has 0 aliphatic carbocycles. The van der Waals surface area contributed by atoms with Gasteiger partial charge in [-0.1, -0.05) is 64.1 Å². The molecule has 2 aliphatic heterocycles. The zero-order chi connectivity index (χ0) is 57.0. The molecular formula is C48H68F6N6O10S6. The Morgan fingerprint density at radius 2 is 0.855 bits per heavy atom. The van der Waals surface area contributed by atoms with Gasteiger partial charge < -0.3 is 20.0 Å². The first kappa shape index (κ1) is 63.4. The minimum atomic E-state index is -4.91. The number of halogens is 6. The molecule has 0 radical (unpaired) electrons. The van der Waals surface area contributed by atoms with Crippen molar-refractivity contribution >= 4 is 74.1 Å². The number of anilines is 2. The third-order valence-electron chi connectivity index (χ3n) is 12.3. The van der Waals surface area contributed by atoms with E-state index >= 15 is 0 Å². The van der Waals surface area contributed by atoms with Crippen LogP contribution in [0, 0.1) is 11.8 Å². The van der Waals surface area contributed by atoms with Gasteiger partial charge in [-0.2, -0.15) is 43.6 Å². The average molecular weight is 1200 g/mol. The Morgan fingerprint density at radius 3 is 1.11 bits per heavy atom. The maximum Gasteiger partial charge on any atom is 0.404 e. The van der Waals surface area contributed by atoms with E-state index in [0.29, 0.717) is 22.5 Å². The van der Waals surface area contributed by atoms with Crippen molar-refractivity contribution < 1.29 is 70.2 Å². The highest BCUT2D eigenvalue weighted by molar-refractivity contribution is 7.91. The van der Waals surface area contributed by atoms with Crippen LogP contribution in [0.15, 0.2) is 92.0 Å².